The number of aliphatic carboxylic acids is 1. The number of carboxylic acids is 1. The molecule has 0 saturated carbocycles. The van der Waals surface area contributed by atoms with Crippen LogP contribution in [0.3, 0.4) is 0 Å². The van der Waals surface area contributed by atoms with E-state index in [0.29, 0.717) is 12.1 Å². The second kappa shape index (κ2) is 11.4. The molecule has 4 N–H and O–H groups in total. The van der Waals surface area contributed by atoms with Crippen LogP contribution in [0.5, 0.6) is 0 Å². The molecule has 1 amide bonds. The van der Waals surface area contributed by atoms with Crippen LogP contribution in [0.1, 0.15) is 44.1 Å². The molecule has 0 bridgehead atoms. The molecular weight excluding hydrogens is 407 g/mol. The van der Waals surface area contributed by atoms with Crippen molar-refractivity contribution in [2.75, 3.05) is 9.74 Å². The number of anilines is 1. The molecule has 1 aromatic rings. The van der Waals surface area contributed by atoms with E-state index in [1.807, 2.05) is 6.07 Å². The number of nitrogens with one attached hydrogen (secondary N) is 1. The third-order valence-electron chi connectivity index (χ3n) is 3.52. The molecule has 0 spiro atoms. The van der Waals surface area contributed by atoms with Gasteiger partial charge in [-0.15, -0.1) is 0 Å². The van der Waals surface area contributed by atoms with E-state index >= 15 is 0 Å². The molecule has 23 heavy (non-hydrogen) atoms. The lowest BCUT2D eigenvalue weighted by atomic mass is 10.1. The molecule has 0 fully saturated rings. The van der Waals surface area contributed by atoms with Gasteiger partial charge in [-0.2, -0.15) is 0 Å². The van der Waals surface area contributed by atoms with Gasteiger partial charge in [0.15, 0.2) is 0 Å². The summed E-state index contributed by atoms with van der Waals surface area (Å²) >= 11 is 2.38. The fraction of sp³-hybridized carbons (Fsp3) is 0.529. The zero-order chi connectivity index (χ0) is 17.1. The number of unbranched alkanes of at least 4 members (excludes halogenated alkanes) is 4. The van der Waals surface area contributed by atoms with Crippen LogP contribution in [0, 0.1) is 0 Å². The molecule has 0 radical (unpaired) electrons. The topological polar surface area (TPSA) is 92.4 Å². The maximum Gasteiger partial charge on any atom is 0.320 e. The van der Waals surface area contributed by atoms with E-state index in [2.05, 4.69) is 27.9 Å². The lowest BCUT2D eigenvalue weighted by Crippen LogP contribution is -2.32. The van der Waals surface area contributed by atoms with Crippen LogP contribution in [0.2, 0.25) is 0 Å². The van der Waals surface area contributed by atoms with E-state index in [0.717, 1.165) is 18.4 Å². The van der Waals surface area contributed by atoms with Gasteiger partial charge in [-0.25, -0.2) is 0 Å². The van der Waals surface area contributed by atoms with Gasteiger partial charge in [-0.05, 0) is 41.4 Å². The first-order chi connectivity index (χ1) is 11.0. The lowest BCUT2D eigenvalue weighted by molar-refractivity contribution is -0.138. The summed E-state index contributed by atoms with van der Waals surface area (Å²) in [7, 11) is 0. The summed E-state index contributed by atoms with van der Waals surface area (Å²) in [5, 5.41) is 11.7. The third kappa shape index (κ3) is 8.90. The molecule has 6 heteroatoms. The molecule has 0 aliphatic rings. The first-order valence-electron chi connectivity index (χ1n) is 7.96. The van der Waals surface area contributed by atoms with Crippen molar-refractivity contribution in [3.8, 4) is 0 Å². The third-order valence-corrected chi connectivity index (χ3v) is 4.28. The zero-order valence-electron chi connectivity index (χ0n) is 13.3. The van der Waals surface area contributed by atoms with Crippen LogP contribution in [0.15, 0.2) is 24.3 Å². The van der Waals surface area contributed by atoms with Gasteiger partial charge in [0.2, 0.25) is 5.91 Å². The molecule has 1 rings (SSSR count). The van der Waals surface area contributed by atoms with Gasteiger partial charge >= 0.3 is 5.97 Å². The number of alkyl halides is 1. The van der Waals surface area contributed by atoms with Gasteiger partial charge in [-0.1, -0.05) is 54.0 Å². The highest BCUT2D eigenvalue weighted by molar-refractivity contribution is 14.1. The van der Waals surface area contributed by atoms with Gasteiger partial charge in [-0.3, -0.25) is 9.59 Å². The van der Waals surface area contributed by atoms with E-state index in [4.69, 9.17) is 10.8 Å². The number of nitrogens with two attached hydrogens (primary N) is 1. The maximum absolute atomic E-state index is 11.9. The molecule has 0 heterocycles. The molecule has 0 aliphatic carbocycles. The summed E-state index contributed by atoms with van der Waals surface area (Å²) in [6.07, 6.45) is 6.40. The predicted octanol–water partition coefficient (Wildman–Crippen LogP) is 3.36. The van der Waals surface area contributed by atoms with E-state index in [1.54, 1.807) is 18.2 Å². The summed E-state index contributed by atoms with van der Waals surface area (Å²) < 4.78 is 1.19. The fourth-order valence-electron chi connectivity index (χ4n) is 2.25. The summed E-state index contributed by atoms with van der Waals surface area (Å²) in [6, 6.07) is 6.26. The van der Waals surface area contributed by atoms with Crippen molar-refractivity contribution in [2.24, 2.45) is 5.73 Å². The molecule has 1 atom stereocenters. The molecule has 0 aromatic heterocycles. The van der Waals surface area contributed by atoms with Crippen LogP contribution in [0.4, 0.5) is 5.69 Å². The van der Waals surface area contributed by atoms with Crippen molar-refractivity contribution >= 4 is 40.2 Å². The van der Waals surface area contributed by atoms with E-state index < -0.39 is 12.0 Å². The number of hydrogen-bond acceptors (Lipinski definition) is 3. The molecule has 1 aromatic carbocycles. The van der Waals surface area contributed by atoms with E-state index in [-0.39, 0.29) is 12.3 Å². The van der Waals surface area contributed by atoms with Crippen LogP contribution in [-0.2, 0) is 16.0 Å². The monoisotopic (exact) mass is 432 g/mol. The normalized spacial score (nSPS) is 11.9. The Bertz CT molecular complexity index is 508. The number of benzene rings is 1. The molecule has 128 valence electrons. The van der Waals surface area contributed by atoms with Crippen molar-refractivity contribution < 1.29 is 14.7 Å². The van der Waals surface area contributed by atoms with Gasteiger partial charge in [0.1, 0.15) is 6.04 Å². The van der Waals surface area contributed by atoms with Crippen molar-refractivity contribution in [3.05, 3.63) is 29.8 Å². The molecule has 0 unspecified atom stereocenters. The molecule has 5 nitrogen and oxygen atoms in total. The van der Waals surface area contributed by atoms with E-state index in [9.17, 15) is 9.59 Å². The molecule has 0 saturated heterocycles. The number of carboxylic acid groups (broad SMARTS) is 1. The largest absolute Gasteiger partial charge is 0.480 e. The van der Waals surface area contributed by atoms with E-state index in [1.165, 1.54) is 23.7 Å². The van der Waals surface area contributed by atoms with Crippen LogP contribution < -0.4 is 11.1 Å². The standard InChI is InChI=1S/C17H25IN2O3/c18-10-5-3-1-2-4-9-16(21)20-14-8-6-7-13(11-14)12-15(19)17(22)23/h6-8,11,15H,1-5,9-10,12,19H2,(H,20,21)(H,22,23)/t15-/m0/s1. The quantitative estimate of drug-likeness (QED) is 0.284. The first-order valence-corrected chi connectivity index (χ1v) is 9.48. The number of halogens is 1. The second-order valence-corrected chi connectivity index (χ2v) is 6.68. The summed E-state index contributed by atoms with van der Waals surface area (Å²) in [5.41, 5.74) is 7.02. The average molecular weight is 432 g/mol. The highest BCUT2D eigenvalue weighted by Gasteiger charge is 2.12. The average Bonchev–Trinajstić information content (AvgIpc) is 2.51. The van der Waals surface area contributed by atoms with Gasteiger partial charge < -0.3 is 16.2 Å². The molecular formula is C17H25IN2O3. The van der Waals surface area contributed by atoms with Crippen LogP contribution in [-0.4, -0.2) is 27.5 Å². The summed E-state index contributed by atoms with van der Waals surface area (Å²) in [4.78, 5) is 22.7. The molecule has 0 aliphatic heterocycles. The highest BCUT2D eigenvalue weighted by atomic mass is 127. The minimum absolute atomic E-state index is 0.00132. The van der Waals surface area contributed by atoms with Crippen molar-refractivity contribution in [2.45, 2.75) is 51.0 Å². The maximum atomic E-state index is 11.9. The lowest BCUT2D eigenvalue weighted by Gasteiger charge is -2.09. The first kappa shape index (κ1) is 19.9. The predicted molar refractivity (Wildman–Crippen MR) is 101 cm³/mol. The zero-order valence-corrected chi connectivity index (χ0v) is 15.4. The van der Waals surface area contributed by atoms with Gasteiger partial charge in [0.05, 0.1) is 0 Å². The van der Waals surface area contributed by atoms with Crippen molar-refractivity contribution in [3.63, 3.8) is 0 Å². The Morgan fingerprint density at radius 2 is 1.87 bits per heavy atom. The van der Waals surface area contributed by atoms with Gasteiger partial charge in [0, 0.05) is 12.1 Å². The van der Waals surface area contributed by atoms with Crippen molar-refractivity contribution in [1.82, 2.24) is 0 Å². The minimum Gasteiger partial charge on any atom is -0.480 e. The van der Waals surface area contributed by atoms with Gasteiger partial charge in [0.25, 0.3) is 0 Å². The summed E-state index contributed by atoms with van der Waals surface area (Å²) in [5.74, 6) is -1.03. The fourth-order valence-corrected chi connectivity index (χ4v) is 2.79. The Labute approximate surface area is 151 Å². The number of amides is 1. The highest BCUT2D eigenvalue weighted by Crippen LogP contribution is 2.13. The summed E-state index contributed by atoms with van der Waals surface area (Å²) in [6.45, 7) is 0. The number of carbonyl (C=O) groups excluding carboxylic acids is 1. The Kier molecular flexibility index (Phi) is 9.86. The minimum atomic E-state index is -1.03. The number of rotatable bonds is 11. The smallest absolute Gasteiger partial charge is 0.320 e. The Balaban J connectivity index is 2.35. The Hall–Kier alpha value is -1.15. The SMILES string of the molecule is N[C@@H](Cc1cccc(NC(=O)CCCCCCCI)c1)C(=O)O. The van der Waals surface area contributed by atoms with Crippen molar-refractivity contribution in [1.29, 1.82) is 0 Å². The van der Waals surface area contributed by atoms with Crippen LogP contribution >= 0.6 is 22.6 Å². The van der Waals surface area contributed by atoms with Crippen LogP contribution in [0.25, 0.3) is 0 Å². The number of hydrogen-bond donors (Lipinski definition) is 3. The number of carbonyl (C=O) groups is 2. The Morgan fingerprint density at radius 3 is 2.57 bits per heavy atom. The Morgan fingerprint density at radius 1 is 1.17 bits per heavy atom. The second-order valence-electron chi connectivity index (χ2n) is 5.60.